The molecule has 2 N–H and O–H groups in total. The SMILES string of the molecule is Cc1nsc(N)c1C(=O)OCC(=O)c1cc(C)n(C[C@H]2CCCO2)c1C. The van der Waals surface area contributed by atoms with Gasteiger partial charge in [0.05, 0.1) is 11.8 Å². The Hall–Kier alpha value is -2.19. The molecule has 0 amide bonds. The highest BCUT2D eigenvalue weighted by atomic mass is 32.1. The smallest absolute Gasteiger partial charge is 0.343 e. The molecule has 8 heteroatoms. The first-order valence-electron chi connectivity index (χ1n) is 8.59. The van der Waals surface area contributed by atoms with Crippen LogP contribution in [0.25, 0.3) is 0 Å². The Balaban J connectivity index is 1.67. The summed E-state index contributed by atoms with van der Waals surface area (Å²) in [7, 11) is 0. The minimum Gasteiger partial charge on any atom is -0.454 e. The quantitative estimate of drug-likeness (QED) is 0.614. The summed E-state index contributed by atoms with van der Waals surface area (Å²) >= 11 is 1.04. The lowest BCUT2D eigenvalue weighted by Gasteiger charge is -2.14. The second kappa shape index (κ2) is 7.59. The van der Waals surface area contributed by atoms with E-state index >= 15 is 0 Å². The van der Waals surface area contributed by atoms with Crippen LogP contribution in [0.3, 0.4) is 0 Å². The number of rotatable bonds is 6. The van der Waals surface area contributed by atoms with Crippen molar-refractivity contribution in [2.75, 3.05) is 18.9 Å². The van der Waals surface area contributed by atoms with Crippen LogP contribution in [-0.4, -0.2) is 40.0 Å². The average Bonchev–Trinajstić information content (AvgIpc) is 3.30. The monoisotopic (exact) mass is 377 g/mol. The van der Waals surface area contributed by atoms with Crippen LogP contribution in [0.15, 0.2) is 6.07 Å². The molecule has 0 unspecified atom stereocenters. The number of hydrogen-bond acceptors (Lipinski definition) is 7. The van der Waals surface area contributed by atoms with E-state index in [1.54, 1.807) is 6.92 Å². The fourth-order valence-corrected chi connectivity index (χ4v) is 3.92. The molecule has 2 aromatic heterocycles. The van der Waals surface area contributed by atoms with Gasteiger partial charge in [-0.25, -0.2) is 4.79 Å². The topological polar surface area (TPSA) is 96.4 Å². The number of carbonyl (C=O) groups is 2. The van der Waals surface area contributed by atoms with Crippen LogP contribution >= 0.6 is 11.5 Å². The lowest BCUT2D eigenvalue weighted by Crippen LogP contribution is -2.18. The predicted octanol–water partition coefficient (Wildman–Crippen LogP) is 2.67. The number of ether oxygens (including phenoxy) is 2. The van der Waals surface area contributed by atoms with Gasteiger partial charge in [0, 0.05) is 30.1 Å². The molecule has 1 atom stereocenters. The predicted molar refractivity (Wildman–Crippen MR) is 98.8 cm³/mol. The molecule has 0 saturated carbocycles. The van der Waals surface area contributed by atoms with E-state index in [0.717, 1.165) is 48.9 Å². The maximum absolute atomic E-state index is 12.5. The van der Waals surface area contributed by atoms with Gasteiger partial charge in [-0.1, -0.05) is 0 Å². The molecule has 1 fully saturated rings. The second-order valence-corrected chi connectivity index (χ2v) is 7.34. The summed E-state index contributed by atoms with van der Waals surface area (Å²) in [4.78, 5) is 24.7. The van der Waals surface area contributed by atoms with Crippen LogP contribution in [0.1, 0.15) is 50.6 Å². The van der Waals surface area contributed by atoms with Crippen molar-refractivity contribution >= 4 is 28.3 Å². The first kappa shape index (κ1) is 18.6. The Kier molecular flexibility index (Phi) is 5.43. The average molecular weight is 377 g/mol. The molecule has 140 valence electrons. The highest BCUT2D eigenvalue weighted by Gasteiger charge is 2.23. The molecule has 1 saturated heterocycles. The van der Waals surface area contributed by atoms with E-state index in [1.165, 1.54) is 0 Å². The van der Waals surface area contributed by atoms with Crippen molar-refractivity contribution in [2.45, 2.75) is 46.3 Å². The Morgan fingerprint density at radius 2 is 2.19 bits per heavy atom. The van der Waals surface area contributed by atoms with Crippen LogP contribution in [0.5, 0.6) is 0 Å². The minimum absolute atomic E-state index is 0.192. The number of carbonyl (C=O) groups excluding carboxylic acids is 2. The fourth-order valence-electron chi connectivity index (χ4n) is 3.27. The summed E-state index contributed by atoms with van der Waals surface area (Å²) in [5.74, 6) is -0.847. The van der Waals surface area contributed by atoms with Gasteiger partial charge < -0.3 is 19.8 Å². The Morgan fingerprint density at radius 3 is 2.81 bits per heavy atom. The van der Waals surface area contributed by atoms with Crippen LogP contribution in [0.2, 0.25) is 0 Å². The van der Waals surface area contributed by atoms with Crippen LogP contribution in [0, 0.1) is 20.8 Å². The number of aryl methyl sites for hydroxylation is 2. The zero-order chi connectivity index (χ0) is 18.8. The molecule has 2 aromatic rings. The number of anilines is 1. The standard InChI is InChI=1S/C18H23N3O4S/c1-10-7-14(12(3)21(10)8-13-5-4-6-24-13)15(22)9-25-18(23)16-11(2)20-26-17(16)19/h7,13H,4-6,8-9,19H2,1-3H3/t13-/m1/s1. The molecule has 3 rings (SSSR count). The van der Waals surface area contributed by atoms with Crippen molar-refractivity contribution in [3.8, 4) is 0 Å². The van der Waals surface area contributed by atoms with Gasteiger partial charge in [-0.05, 0) is 51.2 Å². The van der Waals surface area contributed by atoms with Crippen molar-refractivity contribution in [3.05, 3.63) is 34.3 Å². The molecule has 0 spiro atoms. The first-order chi connectivity index (χ1) is 12.4. The van der Waals surface area contributed by atoms with Crippen LogP contribution in [-0.2, 0) is 16.0 Å². The van der Waals surface area contributed by atoms with Crippen molar-refractivity contribution in [1.29, 1.82) is 0 Å². The van der Waals surface area contributed by atoms with Crippen LogP contribution in [0.4, 0.5) is 5.00 Å². The van der Waals surface area contributed by atoms with Gasteiger partial charge in [0.1, 0.15) is 10.6 Å². The number of aromatic nitrogens is 2. The first-order valence-corrected chi connectivity index (χ1v) is 9.36. The van der Waals surface area contributed by atoms with Gasteiger partial charge in [0.15, 0.2) is 6.61 Å². The third kappa shape index (κ3) is 3.66. The number of nitrogens with zero attached hydrogens (tertiary/aromatic N) is 2. The van der Waals surface area contributed by atoms with Gasteiger partial charge in [-0.3, -0.25) is 4.79 Å². The van der Waals surface area contributed by atoms with Gasteiger partial charge in [-0.15, -0.1) is 0 Å². The Labute approximate surface area is 156 Å². The molecule has 1 aliphatic heterocycles. The van der Waals surface area contributed by atoms with Crippen molar-refractivity contribution in [1.82, 2.24) is 8.94 Å². The fraction of sp³-hybridized carbons (Fsp3) is 0.500. The van der Waals surface area contributed by atoms with Crippen molar-refractivity contribution in [2.24, 2.45) is 0 Å². The highest BCUT2D eigenvalue weighted by molar-refractivity contribution is 7.10. The minimum atomic E-state index is -0.615. The van der Waals surface area contributed by atoms with E-state index < -0.39 is 5.97 Å². The molecule has 0 aromatic carbocycles. The zero-order valence-electron chi connectivity index (χ0n) is 15.2. The molecule has 1 aliphatic rings. The van der Waals surface area contributed by atoms with Gasteiger partial charge >= 0.3 is 5.97 Å². The molecule has 0 aliphatic carbocycles. The largest absolute Gasteiger partial charge is 0.454 e. The van der Waals surface area contributed by atoms with E-state index in [1.807, 2.05) is 19.9 Å². The number of nitrogen functional groups attached to an aromatic ring is 1. The normalized spacial score (nSPS) is 16.8. The molecule has 0 radical (unpaired) electrons. The number of esters is 1. The van der Waals surface area contributed by atoms with E-state index in [9.17, 15) is 9.59 Å². The molecule has 26 heavy (non-hydrogen) atoms. The number of Topliss-reactive ketones (excluding diaryl/α,β-unsaturated/α-hetero) is 1. The van der Waals surface area contributed by atoms with Crippen LogP contribution < -0.4 is 5.73 Å². The molecule has 7 nitrogen and oxygen atoms in total. The Morgan fingerprint density at radius 1 is 1.42 bits per heavy atom. The summed E-state index contributed by atoms with van der Waals surface area (Å²) in [6, 6.07) is 1.84. The lowest BCUT2D eigenvalue weighted by molar-refractivity contribution is 0.0475. The number of hydrogen-bond donors (Lipinski definition) is 1. The van der Waals surface area contributed by atoms with Gasteiger partial charge in [0.25, 0.3) is 0 Å². The summed E-state index contributed by atoms with van der Waals surface area (Å²) in [6.07, 6.45) is 2.30. The third-order valence-electron chi connectivity index (χ3n) is 4.71. The van der Waals surface area contributed by atoms with E-state index in [-0.39, 0.29) is 24.1 Å². The van der Waals surface area contributed by atoms with E-state index in [0.29, 0.717) is 16.3 Å². The summed E-state index contributed by atoms with van der Waals surface area (Å²) in [6.45, 7) is 6.77. The molecule has 0 bridgehead atoms. The summed E-state index contributed by atoms with van der Waals surface area (Å²) in [5, 5.41) is 0.301. The zero-order valence-corrected chi connectivity index (χ0v) is 16.0. The number of ketones is 1. The maximum atomic E-state index is 12.5. The van der Waals surface area contributed by atoms with Gasteiger partial charge in [-0.2, -0.15) is 4.37 Å². The highest BCUT2D eigenvalue weighted by Crippen LogP contribution is 2.23. The second-order valence-electron chi connectivity index (χ2n) is 6.54. The molecular weight excluding hydrogens is 354 g/mol. The summed E-state index contributed by atoms with van der Waals surface area (Å²) in [5.41, 5.74) is 8.93. The summed E-state index contributed by atoms with van der Waals surface area (Å²) < 4.78 is 17.0. The van der Waals surface area contributed by atoms with E-state index in [4.69, 9.17) is 15.2 Å². The lowest BCUT2D eigenvalue weighted by atomic mass is 10.1. The number of nitrogens with two attached hydrogens (primary N) is 1. The van der Waals surface area contributed by atoms with E-state index in [2.05, 4.69) is 8.94 Å². The maximum Gasteiger partial charge on any atom is 0.343 e. The molecule has 3 heterocycles. The third-order valence-corrected chi connectivity index (χ3v) is 5.48. The molecular formula is C18H23N3O4S. The van der Waals surface area contributed by atoms with Crippen molar-refractivity contribution < 1.29 is 19.1 Å². The Bertz CT molecular complexity index is 814. The van der Waals surface area contributed by atoms with Gasteiger partial charge in [0.2, 0.25) is 5.78 Å². The van der Waals surface area contributed by atoms with Crippen molar-refractivity contribution in [3.63, 3.8) is 0 Å².